The number of hydrogen-bond acceptors (Lipinski definition) is 4. The van der Waals surface area contributed by atoms with Gasteiger partial charge in [-0.05, 0) is 51.1 Å². The highest BCUT2D eigenvalue weighted by atomic mass is 35.5. The standard InChI is InChI=1S/C20H22Cl2N4O3/c1-20(2,3)26-17(27)10-29-18-11(6-12(21)7-14(18)22)9-23-13-4-5-15-16(8-13)25-19(28)24-15/h4-8,23H,9-10H2,1-3H3,(H,26,27)(H2,24,25,28). The van der Waals surface area contributed by atoms with Gasteiger partial charge in [-0.1, -0.05) is 23.2 Å². The minimum atomic E-state index is -0.355. The lowest BCUT2D eigenvalue weighted by Crippen LogP contribution is -2.43. The summed E-state index contributed by atoms with van der Waals surface area (Å²) in [6, 6.07) is 8.76. The normalized spacial score (nSPS) is 11.5. The molecule has 0 fully saturated rings. The SMILES string of the molecule is CC(C)(C)NC(=O)COc1c(Cl)cc(Cl)cc1CNc1ccc2[nH]c(=O)[nH]c2c1. The Kier molecular flexibility index (Phi) is 6.10. The molecule has 1 amide bonds. The van der Waals surface area contributed by atoms with Crippen LogP contribution in [0.2, 0.25) is 10.0 Å². The topological polar surface area (TPSA) is 99.0 Å². The molecule has 0 radical (unpaired) electrons. The van der Waals surface area contributed by atoms with Crippen molar-refractivity contribution in [3.8, 4) is 5.75 Å². The first kappa shape index (κ1) is 21.1. The Balaban J connectivity index is 1.75. The summed E-state index contributed by atoms with van der Waals surface area (Å²) >= 11 is 12.4. The van der Waals surface area contributed by atoms with E-state index in [2.05, 4.69) is 20.6 Å². The van der Waals surface area contributed by atoms with Crippen molar-refractivity contribution in [2.24, 2.45) is 0 Å². The van der Waals surface area contributed by atoms with Gasteiger partial charge in [0.15, 0.2) is 6.61 Å². The number of halogens is 2. The number of H-pyrrole nitrogens is 2. The highest BCUT2D eigenvalue weighted by Gasteiger charge is 2.17. The third-order valence-electron chi connectivity index (χ3n) is 3.95. The predicted octanol–water partition coefficient (Wildman–Crippen LogP) is 4.07. The van der Waals surface area contributed by atoms with Gasteiger partial charge in [-0.3, -0.25) is 4.79 Å². The predicted molar refractivity (Wildman–Crippen MR) is 116 cm³/mol. The number of hydrogen-bond donors (Lipinski definition) is 4. The van der Waals surface area contributed by atoms with Crippen molar-refractivity contribution in [1.29, 1.82) is 0 Å². The molecular formula is C20H22Cl2N4O3. The van der Waals surface area contributed by atoms with Crippen LogP contribution in [0.1, 0.15) is 26.3 Å². The van der Waals surface area contributed by atoms with Crippen LogP contribution >= 0.6 is 23.2 Å². The van der Waals surface area contributed by atoms with E-state index in [9.17, 15) is 9.59 Å². The number of fused-ring (bicyclic) bond motifs is 1. The lowest BCUT2D eigenvalue weighted by atomic mass is 10.1. The van der Waals surface area contributed by atoms with Gasteiger partial charge >= 0.3 is 5.69 Å². The summed E-state index contributed by atoms with van der Waals surface area (Å²) in [5, 5.41) is 6.87. The monoisotopic (exact) mass is 436 g/mol. The molecule has 0 aliphatic rings. The second-order valence-electron chi connectivity index (χ2n) is 7.66. The summed E-state index contributed by atoms with van der Waals surface area (Å²) in [7, 11) is 0. The van der Waals surface area contributed by atoms with Crippen LogP contribution in [0.5, 0.6) is 5.75 Å². The van der Waals surface area contributed by atoms with E-state index in [1.807, 2.05) is 32.9 Å². The van der Waals surface area contributed by atoms with Crippen molar-refractivity contribution in [3.05, 3.63) is 56.4 Å². The molecule has 9 heteroatoms. The first-order valence-electron chi connectivity index (χ1n) is 8.98. The molecule has 0 aliphatic heterocycles. The van der Waals surface area contributed by atoms with Crippen LogP contribution in [0.4, 0.5) is 5.69 Å². The highest BCUT2D eigenvalue weighted by molar-refractivity contribution is 6.35. The van der Waals surface area contributed by atoms with Crippen molar-refractivity contribution in [2.45, 2.75) is 32.9 Å². The Morgan fingerprint density at radius 1 is 1.10 bits per heavy atom. The van der Waals surface area contributed by atoms with Crippen molar-refractivity contribution in [3.63, 3.8) is 0 Å². The number of carbonyl (C=O) groups excluding carboxylic acids is 1. The van der Waals surface area contributed by atoms with Gasteiger partial charge in [0.2, 0.25) is 0 Å². The van der Waals surface area contributed by atoms with Gasteiger partial charge in [0, 0.05) is 28.4 Å². The van der Waals surface area contributed by atoms with E-state index in [1.54, 1.807) is 18.2 Å². The molecule has 0 saturated heterocycles. The number of rotatable bonds is 6. The lowest BCUT2D eigenvalue weighted by Gasteiger charge is -2.21. The molecule has 0 unspecified atom stereocenters. The van der Waals surface area contributed by atoms with Gasteiger partial charge in [-0.2, -0.15) is 0 Å². The fourth-order valence-electron chi connectivity index (χ4n) is 2.84. The van der Waals surface area contributed by atoms with Gasteiger partial charge in [-0.15, -0.1) is 0 Å². The maximum Gasteiger partial charge on any atom is 0.323 e. The van der Waals surface area contributed by atoms with E-state index in [1.165, 1.54) is 0 Å². The summed E-state index contributed by atoms with van der Waals surface area (Å²) in [6.45, 7) is 5.87. The fraction of sp³-hybridized carbons (Fsp3) is 0.300. The molecule has 0 bridgehead atoms. The van der Waals surface area contributed by atoms with Crippen LogP contribution in [0.15, 0.2) is 35.1 Å². The number of ether oxygens (including phenoxy) is 1. The lowest BCUT2D eigenvalue weighted by molar-refractivity contribution is -0.124. The van der Waals surface area contributed by atoms with Gasteiger partial charge in [-0.25, -0.2) is 4.79 Å². The minimum Gasteiger partial charge on any atom is -0.482 e. The highest BCUT2D eigenvalue weighted by Crippen LogP contribution is 2.33. The summed E-state index contributed by atoms with van der Waals surface area (Å²) in [5.74, 6) is 0.146. The third kappa shape index (κ3) is 5.68. The summed E-state index contributed by atoms with van der Waals surface area (Å²) in [6.07, 6.45) is 0. The number of amides is 1. The zero-order valence-corrected chi connectivity index (χ0v) is 17.8. The molecule has 3 aromatic rings. The van der Waals surface area contributed by atoms with Crippen LogP contribution in [0, 0.1) is 0 Å². The Morgan fingerprint density at radius 3 is 2.55 bits per heavy atom. The van der Waals surface area contributed by atoms with Crippen LogP contribution < -0.4 is 21.1 Å². The molecule has 3 rings (SSSR count). The van der Waals surface area contributed by atoms with E-state index >= 15 is 0 Å². The van der Waals surface area contributed by atoms with E-state index in [-0.39, 0.29) is 23.7 Å². The van der Waals surface area contributed by atoms with Crippen molar-refractivity contribution >= 4 is 45.8 Å². The van der Waals surface area contributed by atoms with Crippen LogP contribution in [-0.4, -0.2) is 28.0 Å². The van der Waals surface area contributed by atoms with Gasteiger partial charge < -0.3 is 25.3 Å². The smallest absolute Gasteiger partial charge is 0.323 e. The van der Waals surface area contributed by atoms with Crippen molar-refractivity contribution in [2.75, 3.05) is 11.9 Å². The first-order chi connectivity index (χ1) is 13.6. The molecule has 0 saturated carbocycles. The average molecular weight is 437 g/mol. The van der Waals surface area contributed by atoms with E-state index in [0.717, 1.165) is 11.2 Å². The molecule has 7 nitrogen and oxygen atoms in total. The third-order valence-corrected chi connectivity index (χ3v) is 4.45. The van der Waals surface area contributed by atoms with E-state index in [4.69, 9.17) is 27.9 Å². The molecule has 154 valence electrons. The van der Waals surface area contributed by atoms with Gasteiger partial charge in [0.05, 0.1) is 16.1 Å². The molecular weight excluding hydrogens is 415 g/mol. The Hall–Kier alpha value is -2.64. The van der Waals surface area contributed by atoms with Crippen LogP contribution in [0.25, 0.3) is 11.0 Å². The Bertz CT molecular complexity index is 1100. The largest absolute Gasteiger partial charge is 0.482 e. The average Bonchev–Trinajstić information content (AvgIpc) is 2.96. The quantitative estimate of drug-likeness (QED) is 0.467. The zero-order valence-electron chi connectivity index (χ0n) is 16.3. The molecule has 0 atom stereocenters. The number of carbonyl (C=O) groups is 1. The maximum atomic E-state index is 12.1. The summed E-state index contributed by atoms with van der Waals surface area (Å²) < 4.78 is 5.70. The second kappa shape index (κ2) is 8.39. The Labute approximate surface area is 177 Å². The van der Waals surface area contributed by atoms with Crippen LogP contribution in [-0.2, 0) is 11.3 Å². The number of anilines is 1. The number of nitrogens with one attached hydrogen (secondary N) is 4. The second-order valence-corrected chi connectivity index (χ2v) is 8.50. The maximum absolute atomic E-state index is 12.1. The molecule has 0 aliphatic carbocycles. The molecule has 1 aromatic heterocycles. The number of benzene rings is 2. The zero-order chi connectivity index (χ0) is 21.2. The van der Waals surface area contributed by atoms with Crippen molar-refractivity contribution < 1.29 is 9.53 Å². The van der Waals surface area contributed by atoms with E-state index in [0.29, 0.717) is 33.4 Å². The molecule has 29 heavy (non-hydrogen) atoms. The fourth-order valence-corrected chi connectivity index (χ4v) is 3.43. The van der Waals surface area contributed by atoms with Gasteiger partial charge in [0.1, 0.15) is 5.75 Å². The molecule has 1 heterocycles. The number of aromatic nitrogens is 2. The summed E-state index contributed by atoms with van der Waals surface area (Å²) in [4.78, 5) is 28.9. The minimum absolute atomic E-state index is 0.165. The van der Waals surface area contributed by atoms with Gasteiger partial charge in [0.25, 0.3) is 5.91 Å². The number of aromatic amines is 2. The molecule has 0 spiro atoms. The van der Waals surface area contributed by atoms with E-state index < -0.39 is 0 Å². The molecule has 2 aromatic carbocycles. The van der Waals surface area contributed by atoms with Crippen molar-refractivity contribution in [1.82, 2.24) is 15.3 Å². The first-order valence-corrected chi connectivity index (χ1v) is 9.74. The Morgan fingerprint density at radius 2 is 1.83 bits per heavy atom. The number of imidazole rings is 1. The molecule has 4 N–H and O–H groups in total. The van der Waals surface area contributed by atoms with Crippen LogP contribution in [0.3, 0.4) is 0 Å². The summed E-state index contributed by atoms with van der Waals surface area (Å²) in [5.41, 5.74) is 2.29.